The fraction of sp³-hybridized carbons (Fsp3) is 0.167. The molecule has 1 aliphatic heterocycles. The third kappa shape index (κ3) is 2.82. The fourth-order valence-corrected chi connectivity index (χ4v) is 3.51. The average molecular weight is 408 g/mol. The number of benzene rings is 2. The van der Waals surface area contributed by atoms with Crippen molar-refractivity contribution in [3.8, 4) is 16.9 Å². The van der Waals surface area contributed by atoms with Crippen LogP contribution in [0.1, 0.15) is 11.1 Å². The molecule has 0 atom stereocenters. The zero-order chi connectivity index (χ0) is 17.6. The van der Waals surface area contributed by atoms with Crippen LogP contribution < -0.4 is 5.32 Å². The molecule has 0 aliphatic carbocycles. The quantitative estimate of drug-likeness (QED) is 0.625. The lowest BCUT2D eigenvalue weighted by atomic mass is 10.0. The second kappa shape index (κ2) is 5.91. The van der Waals surface area contributed by atoms with Crippen molar-refractivity contribution in [2.24, 2.45) is 0 Å². The number of alkyl halides is 3. The molecular formula is C18H13BrF3N3. The molecule has 7 heteroatoms. The van der Waals surface area contributed by atoms with Crippen molar-refractivity contribution in [1.29, 1.82) is 0 Å². The van der Waals surface area contributed by atoms with Crippen LogP contribution in [0.15, 0.2) is 53.0 Å². The predicted octanol–water partition coefficient (Wildman–Crippen LogP) is 5.29. The maximum absolute atomic E-state index is 13.4. The number of anilines is 1. The first-order valence-electron chi connectivity index (χ1n) is 7.73. The number of nitrogens with one attached hydrogen (secondary N) is 1. The van der Waals surface area contributed by atoms with Gasteiger partial charge in [0.25, 0.3) is 0 Å². The Bertz CT molecular complexity index is 947. The zero-order valence-corrected chi connectivity index (χ0v) is 14.5. The molecule has 2 heterocycles. The van der Waals surface area contributed by atoms with Crippen LogP contribution in [-0.2, 0) is 12.6 Å². The second-order valence-electron chi connectivity index (χ2n) is 5.79. The van der Waals surface area contributed by atoms with Crippen LogP contribution in [0.3, 0.4) is 0 Å². The second-order valence-corrected chi connectivity index (χ2v) is 6.70. The minimum Gasteiger partial charge on any atom is -0.369 e. The maximum Gasteiger partial charge on any atom is 0.417 e. The standard InChI is InChI=1S/C18H13BrF3N3/c19-11-4-3-5-12(10-11)25-17-14(8-9-23-17)16(24-25)13-6-1-2-7-15(13)18(20,21)22/h1-7,10,23H,8-9H2. The highest BCUT2D eigenvalue weighted by Crippen LogP contribution is 2.41. The number of halogens is 4. The molecule has 0 amide bonds. The van der Waals surface area contributed by atoms with Crippen LogP contribution in [0, 0.1) is 0 Å². The van der Waals surface area contributed by atoms with Crippen LogP contribution >= 0.6 is 15.9 Å². The third-order valence-electron chi connectivity index (χ3n) is 4.19. The van der Waals surface area contributed by atoms with Crippen LogP contribution in [-0.4, -0.2) is 16.3 Å². The maximum atomic E-state index is 13.4. The number of hydrogen-bond acceptors (Lipinski definition) is 2. The molecule has 0 radical (unpaired) electrons. The molecule has 4 rings (SSSR count). The van der Waals surface area contributed by atoms with E-state index >= 15 is 0 Å². The van der Waals surface area contributed by atoms with E-state index in [2.05, 4.69) is 26.3 Å². The summed E-state index contributed by atoms with van der Waals surface area (Å²) in [5, 5.41) is 7.76. The molecule has 2 aromatic carbocycles. The van der Waals surface area contributed by atoms with E-state index in [1.165, 1.54) is 12.1 Å². The van der Waals surface area contributed by atoms with Gasteiger partial charge in [0, 0.05) is 22.1 Å². The lowest BCUT2D eigenvalue weighted by molar-refractivity contribution is -0.137. The highest BCUT2D eigenvalue weighted by molar-refractivity contribution is 9.10. The van der Waals surface area contributed by atoms with Crippen LogP contribution in [0.4, 0.5) is 19.0 Å². The first-order valence-corrected chi connectivity index (χ1v) is 8.53. The molecule has 0 saturated carbocycles. The number of rotatable bonds is 2. The number of nitrogens with zero attached hydrogens (tertiary/aromatic N) is 2. The van der Waals surface area contributed by atoms with E-state index in [9.17, 15) is 13.2 Å². The van der Waals surface area contributed by atoms with Gasteiger partial charge in [-0.15, -0.1) is 0 Å². The molecule has 0 bridgehead atoms. The Morgan fingerprint density at radius 1 is 1.08 bits per heavy atom. The molecule has 1 aromatic heterocycles. The molecule has 0 spiro atoms. The van der Waals surface area contributed by atoms with E-state index in [1.54, 1.807) is 10.7 Å². The van der Waals surface area contributed by atoms with Crippen molar-refractivity contribution in [3.63, 3.8) is 0 Å². The molecule has 0 saturated heterocycles. The molecule has 3 aromatic rings. The van der Waals surface area contributed by atoms with Gasteiger partial charge in [-0.2, -0.15) is 18.3 Å². The minimum atomic E-state index is -4.42. The Morgan fingerprint density at radius 2 is 1.88 bits per heavy atom. The SMILES string of the molecule is FC(F)(F)c1ccccc1-c1nn(-c2cccc(Br)c2)c2c1CCN2. The van der Waals surface area contributed by atoms with E-state index in [0.29, 0.717) is 18.7 Å². The van der Waals surface area contributed by atoms with Crippen molar-refractivity contribution in [2.75, 3.05) is 11.9 Å². The minimum absolute atomic E-state index is 0.115. The fourth-order valence-electron chi connectivity index (χ4n) is 3.12. The lowest BCUT2D eigenvalue weighted by Gasteiger charge is -2.11. The van der Waals surface area contributed by atoms with Crippen LogP contribution in [0.25, 0.3) is 16.9 Å². The molecule has 0 fully saturated rings. The summed E-state index contributed by atoms with van der Waals surface area (Å²) in [6.07, 6.45) is -3.78. The Labute approximate surface area is 150 Å². The van der Waals surface area contributed by atoms with Gasteiger partial charge in [0.2, 0.25) is 0 Å². The van der Waals surface area contributed by atoms with Gasteiger partial charge >= 0.3 is 6.18 Å². The van der Waals surface area contributed by atoms with E-state index in [0.717, 1.165) is 27.6 Å². The summed E-state index contributed by atoms with van der Waals surface area (Å²) in [7, 11) is 0. The first kappa shape index (κ1) is 16.2. The Morgan fingerprint density at radius 3 is 2.64 bits per heavy atom. The zero-order valence-electron chi connectivity index (χ0n) is 12.9. The number of fused-ring (bicyclic) bond motifs is 1. The number of aromatic nitrogens is 2. The van der Waals surface area contributed by atoms with Crippen molar-refractivity contribution in [2.45, 2.75) is 12.6 Å². The molecule has 0 unspecified atom stereocenters. The summed E-state index contributed by atoms with van der Waals surface area (Å²) in [6, 6.07) is 13.1. The van der Waals surface area contributed by atoms with Crippen molar-refractivity contribution < 1.29 is 13.2 Å². The van der Waals surface area contributed by atoms with Gasteiger partial charge in [0.1, 0.15) is 5.82 Å². The molecule has 1 N–H and O–H groups in total. The Balaban J connectivity index is 1.93. The van der Waals surface area contributed by atoms with Gasteiger partial charge in [-0.25, -0.2) is 4.68 Å². The van der Waals surface area contributed by atoms with Crippen LogP contribution in [0.2, 0.25) is 0 Å². The molecular weight excluding hydrogens is 395 g/mol. The summed E-state index contributed by atoms with van der Waals surface area (Å²) >= 11 is 3.42. The topological polar surface area (TPSA) is 29.9 Å². The summed E-state index contributed by atoms with van der Waals surface area (Å²) in [6.45, 7) is 0.683. The van der Waals surface area contributed by atoms with Gasteiger partial charge in [0.05, 0.1) is 16.9 Å². The third-order valence-corrected chi connectivity index (χ3v) is 4.68. The summed E-state index contributed by atoms with van der Waals surface area (Å²) in [5.41, 5.74) is 1.44. The molecule has 3 nitrogen and oxygen atoms in total. The van der Waals surface area contributed by atoms with E-state index in [1.807, 2.05) is 24.3 Å². The molecule has 1 aliphatic rings. The van der Waals surface area contributed by atoms with E-state index in [4.69, 9.17) is 0 Å². The molecule has 128 valence electrons. The van der Waals surface area contributed by atoms with E-state index in [-0.39, 0.29) is 5.56 Å². The Hall–Kier alpha value is -2.28. The van der Waals surface area contributed by atoms with Gasteiger partial charge in [-0.3, -0.25) is 0 Å². The smallest absolute Gasteiger partial charge is 0.369 e. The van der Waals surface area contributed by atoms with Crippen LogP contribution in [0.5, 0.6) is 0 Å². The monoisotopic (exact) mass is 407 g/mol. The average Bonchev–Trinajstić information content (AvgIpc) is 3.16. The number of hydrogen-bond donors (Lipinski definition) is 1. The highest BCUT2D eigenvalue weighted by atomic mass is 79.9. The predicted molar refractivity (Wildman–Crippen MR) is 93.9 cm³/mol. The lowest BCUT2D eigenvalue weighted by Crippen LogP contribution is -2.08. The normalized spacial score (nSPS) is 13.6. The van der Waals surface area contributed by atoms with Crippen molar-refractivity contribution >= 4 is 21.7 Å². The summed E-state index contributed by atoms with van der Waals surface area (Å²) in [5.74, 6) is 0.755. The molecule has 25 heavy (non-hydrogen) atoms. The Kier molecular flexibility index (Phi) is 3.83. The summed E-state index contributed by atoms with van der Waals surface area (Å²) < 4.78 is 42.8. The van der Waals surface area contributed by atoms with Gasteiger partial charge in [-0.1, -0.05) is 40.2 Å². The largest absolute Gasteiger partial charge is 0.417 e. The highest BCUT2D eigenvalue weighted by Gasteiger charge is 2.35. The van der Waals surface area contributed by atoms with Crippen molar-refractivity contribution in [1.82, 2.24) is 9.78 Å². The van der Waals surface area contributed by atoms with Crippen molar-refractivity contribution in [3.05, 3.63) is 64.1 Å². The van der Waals surface area contributed by atoms with Gasteiger partial charge in [-0.05, 0) is 30.7 Å². The van der Waals surface area contributed by atoms with Gasteiger partial charge in [0.15, 0.2) is 0 Å². The summed E-state index contributed by atoms with van der Waals surface area (Å²) in [4.78, 5) is 0. The van der Waals surface area contributed by atoms with E-state index < -0.39 is 11.7 Å². The van der Waals surface area contributed by atoms with Gasteiger partial charge < -0.3 is 5.32 Å². The first-order chi connectivity index (χ1) is 11.9.